The van der Waals surface area contributed by atoms with Crippen molar-refractivity contribution in [3.63, 3.8) is 0 Å². The summed E-state index contributed by atoms with van der Waals surface area (Å²) in [5.41, 5.74) is 0.274. The average Bonchev–Trinajstić information content (AvgIpc) is 2.72. The molecule has 8 heteroatoms. The Bertz CT molecular complexity index is 546. The van der Waals surface area contributed by atoms with Crippen LogP contribution in [-0.4, -0.2) is 38.2 Å². The van der Waals surface area contributed by atoms with E-state index in [0.29, 0.717) is 6.42 Å². The van der Waals surface area contributed by atoms with Crippen LogP contribution in [-0.2, 0) is 14.6 Å². The highest BCUT2D eigenvalue weighted by Crippen LogP contribution is 2.19. The smallest absolute Gasteiger partial charge is 0.303 e. The lowest BCUT2D eigenvalue weighted by molar-refractivity contribution is -0.137. The normalized spacial score (nSPS) is 11.2. The molecule has 0 unspecified atom stereocenters. The van der Waals surface area contributed by atoms with Gasteiger partial charge in [-0.3, -0.25) is 9.59 Å². The minimum Gasteiger partial charge on any atom is -0.481 e. The molecule has 0 atom stereocenters. The molecule has 0 bridgehead atoms. The van der Waals surface area contributed by atoms with Gasteiger partial charge in [0.2, 0.25) is 0 Å². The van der Waals surface area contributed by atoms with Crippen molar-refractivity contribution in [2.45, 2.75) is 17.1 Å². The number of hydrogen-bond acceptors (Lipinski definition) is 5. The van der Waals surface area contributed by atoms with Gasteiger partial charge in [-0.05, 0) is 12.5 Å². The van der Waals surface area contributed by atoms with E-state index in [9.17, 15) is 18.0 Å². The summed E-state index contributed by atoms with van der Waals surface area (Å²) in [7, 11) is -3.29. The molecule has 0 aliphatic heterocycles. The molecule has 0 aliphatic carbocycles. The van der Waals surface area contributed by atoms with Gasteiger partial charge in [-0.1, -0.05) is 0 Å². The molecule has 6 nitrogen and oxygen atoms in total. The molecule has 0 saturated carbocycles. The highest BCUT2D eigenvalue weighted by molar-refractivity contribution is 7.92. The highest BCUT2D eigenvalue weighted by atomic mass is 32.2. The SMILES string of the molecule is CS(=O)(=O)c1cc(C(=O)NCCCC(=O)O)cs1. The van der Waals surface area contributed by atoms with Crippen molar-refractivity contribution in [1.29, 1.82) is 0 Å². The number of carboxylic acids is 1. The number of aliphatic carboxylic acids is 1. The molecule has 1 rings (SSSR count). The first-order chi connectivity index (χ1) is 8.30. The van der Waals surface area contributed by atoms with Gasteiger partial charge in [0.1, 0.15) is 4.21 Å². The molecular weight excluding hydrogens is 278 g/mol. The Morgan fingerprint density at radius 3 is 2.61 bits per heavy atom. The lowest BCUT2D eigenvalue weighted by Gasteiger charge is -2.01. The molecule has 0 radical (unpaired) electrons. The van der Waals surface area contributed by atoms with Crippen LogP contribution in [0.1, 0.15) is 23.2 Å². The fraction of sp³-hybridized carbons (Fsp3) is 0.400. The molecule has 1 aromatic rings. The molecule has 0 spiro atoms. The molecule has 0 aromatic carbocycles. The van der Waals surface area contributed by atoms with E-state index in [1.54, 1.807) is 0 Å². The van der Waals surface area contributed by atoms with E-state index in [0.717, 1.165) is 17.6 Å². The lowest BCUT2D eigenvalue weighted by Crippen LogP contribution is -2.24. The standard InChI is InChI=1S/C10H13NO5S2/c1-18(15,16)9-5-7(6-17-9)10(14)11-4-2-3-8(12)13/h5-6H,2-4H2,1H3,(H,11,14)(H,12,13). The van der Waals surface area contributed by atoms with Gasteiger partial charge >= 0.3 is 5.97 Å². The van der Waals surface area contributed by atoms with Crippen LogP contribution >= 0.6 is 11.3 Å². The van der Waals surface area contributed by atoms with Crippen LogP contribution in [0.15, 0.2) is 15.7 Å². The third-order valence-electron chi connectivity index (χ3n) is 2.06. The van der Waals surface area contributed by atoms with Crippen LogP contribution in [0.2, 0.25) is 0 Å². The van der Waals surface area contributed by atoms with Crippen molar-refractivity contribution in [2.75, 3.05) is 12.8 Å². The molecular formula is C10H13NO5S2. The number of sulfone groups is 1. The number of carboxylic acid groups (broad SMARTS) is 1. The Balaban J connectivity index is 2.52. The van der Waals surface area contributed by atoms with Crippen molar-refractivity contribution in [1.82, 2.24) is 5.32 Å². The number of thiophene rings is 1. The van der Waals surface area contributed by atoms with Gasteiger partial charge < -0.3 is 10.4 Å². The largest absolute Gasteiger partial charge is 0.481 e. The van der Waals surface area contributed by atoms with Crippen molar-refractivity contribution in [3.05, 3.63) is 17.0 Å². The summed E-state index contributed by atoms with van der Waals surface area (Å²) < 4.78 is 22.6. The summed E-state index contributed by atoms with van der Waals surface area (Å²) in [5, 5.41) is 12.4. The number of hydrogen-bond donors (Lipinski definition) is 2. The van der Waals surface area contributed by atoms with Crippen molar-refractivity contribution in [2.24, 2.45) is 0 Å². The third-order valence-corrected chi connectivity index (χ3v) is 4.82. The topological polar surface area (TPSA) is 101 Å². The fourth-order valence-corrected chi connectivity index (χ4v) is 2.97. The second-order valence-corrected chi connectivity index (χ2v) is 6.83. The van der Waals surface area contributed by atoms with Gasteiger partial charge in [0.15, 0.2) is 9.84 Å². The number of nitrogens with one attached hydrogen (secondary N) is 1. The van der Waals surface area contributed by atoms with Crippen LogP contribution in [0.5, 0.6) is 0 Å². The molecule has 0 aliphatic rings. The van der Waals surface area contributed by atoms with Crippen LogP contribution in [0.25, 0.3) is 0 Å². The van der Waals surface area contributed by atoms with Crippen LogP contribution < -0.4 is 5.32 Å². The van der Waals surface area contributed by atoms with Gasteiger partial charge in [0, 0.05) is 24.6 Å². The van der Waals surface area contributed by atoms with Gasteiger partial charge in [0.25, 0.3) is 5.91 Å². The maximum Gasteiger partial charge on any atom is 0.303 e. The Kier molecular flexibility index (Phi) is 4.85. The first-order valence-corrected chi connectivity index (χ1v) is 7.86. The second kappa shape index (κ2) is 5.96. The van der Waals surface area contributed by atoms with E-state index in [2.05, 4.69) is 5.32 Å². The quantitative estimate of drug-likeness (QED) is 0.753. The van der Waals surface area contributed by atoms with Crippen LogP contribution in [0.4, 0.5) is 0 Å². The summed E-state index contributed by atoms with van der Waals surface area (Å²) in [6.07, 6.45) is 1.40. The summed E-state index contributed by atoms with van der Waals surface area (Å²) in [6, 6.07) is 1.31. The Hall–Kier alpha value is -1.41. The molecule has 1 aromatic heterocycles. The molecule has 18 heavy (non-hydrogen) atoms. The van der Waals surface area contributed by atoms with E-state index in [1.165, 1.54) is 11.4 Å². The molecule has 0 fully saturated rings. The zero-order chi connectivity index (χ0) is 13.8. The molecule has 2 N–H and O–H groups in total. The summed E-state index contributed by atoms with van der Waals surface area (Å²) in [5.74, 6) is -1.31. The fourth-order valence-electron chi connectivity index (χ4n) is 1.17. The highest BCUT2D eigenvalue weighted by Gasteiger charge is 2.14. The number of rotatable bonds is 6. The van der Waals surface area contributed by atoms with E-state index in [-0.39, 0.29) is 22.7 Å². The molecule has 1 heterocycles. The summed E-state index contributed by atoms with van der Waals surface area (Å²) in [4.78, 5) is 21.8. The number of carbonyl (C=O) groups is 2. The zero-order valence-electron chi connectivity index (χ0n) is 9.67. The molecule has 1 amide bonds. The van der Waals surface area contributed by atoms with Crippen LogP contribution in [0.3, 0.4) is 0 Å². The van der Waals surface area contributed by atoms with Gasteiger partial charge in [-0.15, -0.1) is 11.3 Å². The van der Waals surface area contributed by atoms with Gasteiger partial charge in [-0.25, -0.2) is 8.42 Å². The van der Waals surface area contributed by atoms with E-state index in [1.807, 2.05) is 0 Å². The van der Waals surface area contributed by atoms with Gasteiger partial charge in [-0.2, -0.15) is 0 Å². The second-order valence-electron chi connectivity index (χ2n) is 3.68. The maximum atomic E-state index is 11.6. The number of carbonyl (C=O) groups excluding carboxylic acids is 1. The lowest BCUT2D eigenvalue weighted by atomic mass is 10.3. The van der Waals surface area contributed by atoms with Crippen molar-refractivity contribution >= 4 is 33.1 Å². The minimum atomic E-state index is -3.29. The monoisotopic (exact) mass is 291 g/mol. The van der Waals surface area contributed by atoms with Crippen molar-refractivity contribution in [3.8, 4) is 0 Å². The number of amides is 1. The summed E-state index contributed by atoms with van der Waals surface area (Å²) in [6.45, 7) is 0.245. The summed E-state index contributed by atoms with van der Waals surface area (Å²) >= 11 is 0.986. The minimum absolute atomic E-state index is 0.0154. The Labute approximate surface area is 109 Å². The first-order valence-electron chi connectivity index (χ1n) is 5.09. The predicted octanol–water partition coefficient (Wildman–Crippen LogP) is 0.746. The Morgan fingerprint density at radius 1 is 1.44 bits per heavy atom. The van der Waals surface area contributed by atoms with E-state index in [4.69, 9.17) is 5.11 Å². The Morgan fingerprint density at radius 2 is 2.11 bits per heavy atom. The third kappa shape index (κ3) is 4.46. The van der Waals surface area contributed by atoms with E-state index < -0.39 is 21.7 Å². The molecule has 0 saturated heterocycles. The van der Waals surface area contributed by atoms with Gasteiger partial charge in [0.05, 0.1) is 5.56 Å². The maximum absolute atomic E-state index is 11.6. The van der Waals surface area contributed by atoms with Crippen molar-refractivity contribution < 1.29 is 23.1 Å². The predicted molar refractivity (Wildman–Crippen MR) is 66.6 cm³/mol. The van der Waals surface area contributed by atoms with E-state index >= 15 is 0 Å². The first kappa shape index (κ1) is 14.7. The molecule has 100 valence electrons. The zero-order valence-corrected chi connectivity index (χ0v) is 11.3. The average molecular weight is 291 g/mol. The van der Waals surface area contributed by atoms with Crippen LogP contribution in [0, 0.1) is 0 Å².